The number of anilines is 2. The Morgan fingerprint density at radius 2 is 1.91 bits per heavy atom. The Labute approximate surface area is 134 Å². The van der Waals surface area contributed by atoms with E-state index in [4.69, 9.17) is 0 Å². The van der Waals surface area contributed by atoms with Crippen LogP contribution in [-0.2, 0) is 23.3 Å². The normalized spacial score (nSPS) is 11.4. The molecule has 0 fully saturated rings. The van der Waals surface area contributed by atoms with Crippen molar-refractivity contribution in [3.05, 3.63) is 45.6 Å². The minimum absolute atomic E-state index is 0.0614. The number of hydrogen-bond donors (Lipinski definition) is 1. The smallest absolute Gasteiger partial charge is 0.334 e. The molecule has 1 aromatic heterocycles. The maximum absolute atomic E-state index is 11.2. The summed E-state index contributed by atoms with van der Waals surface area (Å²) in [5.41, 5.74) is 1.83. The molecule has 0 aliphatic rings. The van der Waals surface area contributed by atoms with Crippen LogP contribution in [0.5, 0.6) is 0 Å². The Morgan fingerprint density at radius 1 is 1.30 bits per heavy atom. The zero-order valence-corrected chi connectivity index (χ0v) is 13.9. The van der Waals surface area contributed by atoms with Crippen molar-refractivity contribution in [1.29, 1.82) is 0 Å². The fraction of sp³-hybridized carbons (Fsp3) is 0.357. The Kier molecular flexibility index (Phi) is 4.69. The molecule has 0 radical (unpaired) electrons. The van der Waals surface area contributed by atoms with E-state index < -0.39 is 14.8 Å². The fourth-order valence-electron chi connectivity index (χ4n) is 2.20. The second-order valence-electron chi connectivity index (χ2n) is 5.37. The Morgan fingerprint density at radius 3 is 2.43 bits per heavy atom. The number of nitrogens with one attached hydrogen (secondary N) is 1. The van der Waals surface area contributed by atoms with Crippen molar-refractivity contribution in [3.8, 4) is 0 Å². The third kappa shape index (κ3) is 4.28. The zero-order chi connectivity index (χ0) is 17.2. The van der Waals surface area contributed by atoms with Gasteiger partial charge in [0.15, 0.2) is 0 Å². The number of benzene rings is 1. The van der Waals surface area contributed by atoms with E-state index in [0.29, 0.717) is 23.6 Å². The lowest BCUT2D eigenvalue weighted by Crippen LogP contribution is -2.06. The standard InChI is InChI=1S/C14H18N4O4S/c1-10-13(18(19)20)14(17(2)16-10)15-12-6-4-11(5-7-12)8-9-23(3,21)22/h4-7,15H,8-9H2,1-3H3. The molecule has 124 valence electrons. The molecule has 1 aromatic carbocycles. The molecule has 2 rings (SSSR count). The van der Waals surface area contributed by atoms with Crippen LogP contribution in [0.25, 0.3) is 0 Å². The van der Waals surface area contributed by atoms with E-state index in [1.54, 1.807) is 38.2 Å². The van der Waals surface area contributed by atoms with E-state index in [2.05, 4.69) is 10.4 Å². The van der Waals surface area contributed by atoms with Crippen LogP contribution >= 0.6 is 0 Å². The predicted molar refractivity (Wildman–Crippen MR) is 87.7 cm³/mol. The number of sulfone groups is 1. The number of rotatable bonds is 6. The molecule has 0 atom stereocenters. The van der Waals surface area contributed by atoms with Gasteiger partial charge in [0.25, 0.3) is 0 Å². The van der Waals surface area contributed by atoms with Gasteiger partial charge in [0.1, 0.15) is 15.5 Å². The SMILES string of the molecule is Cc1nn(C)c(Nc2ccc(CCS(C)(=O)=O)cc2)c1[N+](=O)[O-]. The molecule has 2 aromatic rings. The van der Waals surface area contributed by atoms with Crippen LogP contribution in [0, 0.1) is 17.0 Å². The summed E-state index contributed by atoms with van der Waals surface area (Å²) < 4.78 is 23.8. The largest absolute Gasteiger partial charge is 0.335 e. The highest BCUT2D eigenvalue weighted by molar-refractivity contribution is 7.90. The summed E-state index contributed by atoms with van der Waals surface area (Å²) in [7, 11) is -1.37. The van der Waals surface area contributed by atoms with Gasteiger partial charge in [0, 0.05) is 19.0 Å². The van der Waals surface area contributed by atoms with Crippen LogP contribution in [-0.4, -0.2) is 35.1 Å². The van der Waals surface area contributed by atoms with E-state index in [0.717, 1.165) is 5.56 Å². The summed E-state index contributed by atoms with van der Waals surface area (Å²) in [6, 6.07) is 7.10. The van der Waals surface area contributed by atoms with Crippen LogP contribution < -0.4 is 5.32 Å². The highest BCUT2D eigenvalue weighted by atomic mass is 32.2. The molecule has 0 unspecified atom stereocenters. The summed E-state index contributed by atoms with van der Waals surface area (Å²) in [5.74, 6) is 0.392. The molecule has 1 N–H and O–H groups in total. The third-order valence-corrected chi connectivity index (χ3v) is 4.30. The van der Waals surface area contributed by atoms with Gasteiger partial charge in [-0.2, -0.15) is 5.10 Å². The zero-order valence-electron chi connectivity index (χ0n) is 13.1. The van der Waals surface area contributed by atoms with Gasteiger partial charge in [-0.1, -0.05) is 12.1 Å². The Hall–Kier alpha value is -2.42. The predicted octanol–water partition coefficient (Wildman–Crippen LogP) is 1.97. The first-order valence-electron chi connectivity index (χ1n) is 6.89. The minimum Gasteiger partial charge on any atom is -0.335 e. The van der Waals surface area contributed by atoms with Crippen LogP contribution in [0.15, 0.2) is 24.3 Å². The molecule has 0 aliphatic heterocycles. The second kappa shape index (κ2) is 6.37. The van der Waals surface area contributed by atoms with Crippen molar-refractivity contribution in [2.45, 2.75) is 13.3 Å². The number of aryl methyl sites for hydroxylation is 3. The number of nitro groups is 1. The summed E-state index contributed by atoms with van der Waals surface area (Å²) in [6.45, 7) is 1.58. The first-order valence-corrected chi connectivity index (χ1v) is 8.95. The summed E-state index contributed by atoms with van der Waals surface area (Å²) >= 11 is 0. The lowest BCUT2D eigenvalue weighted by Gasteiger charge is -2.07. The van der Waals surface area contributed by atoms with E-state index in [1.807, 2.05) is 0 Å². The lowest BCUT2D eigenvalue weighted by molar-refractivity contribution is -0.384. The Balaban J connectivity index is 2.17. The maximum Gasteiger partial charge on any atom is 0.334 e. The first kappa shape index (κ1) is 16.9. The van der Waals surface area contributed by atoms with Crippen molar-refractivity contribution in [3.63, 3.8) is 0 Å². The van der Waals surface area contributed by atoms with Crippen molar-refractivity contribution in [1.82, 2.24) is 9.78 Å². The minimum atomic E-state index is -3.00. The molecule has 1 heterocycles. The fourth-order valence-corrected chi connectivity index (χ4v) is 2.81. The van der Waals surface area contributed by atoms with Crippen molar-refractivity contribution >= 4 is 27.0 Å². The topological polar surface area (TPSA) is 107 Å². The quantitative estimate of drug-likeness (QED) is 0.637. The maximum atomic E-state index is 11.2. The van der Waals surface area contributed by atoms with Crippen molar-refractivity contribution in [2.75, 3.05) is 17.3 Å². The molecule has 0 saturated heterocycles. The third-order valence-electron chi connectivity index (χ3n) is 3.35. The molecule has 0 amide bonds. The van der Waals surface area contributed by atoms with Gasteiger partial charge >= 0.3 is 5.69 Å². The number of hydrogen-bond acceptors (Lipinski definition) is 6. The number of nitrogens with zero attached hydrogens (tertiary/aromatic N) is 3. The molecular formula is C14H18N4O4S. The van der Waals surface area contributed by atoms with Gasteiger partial charge in [-0.15, -0.1) is 0 Å². The van der Waals surface area contributed by atoms with Crippen LogP contribution in [0.1, 0.15) is 11.3 Å². The van der Waals surface area contributed by atoms with E-state index in [1.165, 1.54) is 10.9 Å². The molecule has 0 bridgehead atoms. The van der Waals surface area contributed by atoms with Gasteiger partial charge in [0.2, 0.25) is 5.82 Å². The highest BCUT2D eigenvalue weighted by Gasteiger charge is 2.23. The van der Waals surface area contributed by atoms with Gasteiger partial charge < -0.3 is 5.32 Å². The summed E-state index contributed by atoms with van der Waals surface area (Å²) in [6.07, 6.45) is 1.64. The summed E-state index contributed by atoms with van der Waals surface area (Å²) in [5, 5.41) is 18.2. The van der Waals surface area contributed by atoms with Crippen molar-refractivity contribution in [2.24, 2.45) is 7.05 Å². The van der Waals surface area contributed by atoms with E-state index in [-0.39, 0.29) is 11.4 Å². The Bertz CT molecular complexity index is 825. The molecule has 8 nitrogen and oxygen atoms in total. The lowest BCUT2D eigenvalue weighted by atomic mass is 10.1. The monoisotopic (exact) mass is 338 g/mol. The van der Waals surface area contributed by atoms with Crippen LogP contribution in [0.4, 0.5) is 17.2 Å². The van der Waals surface area contributed by atoms with Gasteiger partial charge in [0.05, 0.1) is 10.7 Å². The molecular weight excluding hydrogens is 320 g/mol. The van der Waals surface area contributed by atoms with E-state index >= 15 is 0 Å². The second-order valence-corrected chi connectivity index (χ2v) is 7.62. The first-order chi connectivity index (χ1) is 10.7. The summed E-state index contributed by atoms with van der Waals surface area (Å²) in [4.78, 5) is 10.7. The van der Waals surface area contributed by atoms with Crippen molar-refractivity contribution < 1.29 is 13.3 Å². The molecule has 0 spiro atoms. The molecule has 0 saturated carbocycles. The van der Waals surface area contributed by atoms with Crippen LogP contribution in [0.3, 0.4) is 0 Å². The molecule has 0 aliphatic carbocycles. The highest BCUT2D eigenvalue weighted by Crippen LogP contribution is 2.30. The van der Waals surface area contributed by atoms with Gasteiger partial charge in [-0.05, 0) is 31.0 Å². The average Bonchev–Trinajstić information content (AvgIpc) is 2.71. The molecule has 23 heavy (non-hydrogen) atoms. The number of aromatic nitrogens is 2. The molecule has 9 heteroatoms. The van der Waals surface area contributed by atoms with E-state index in [9.17, 15) is 18.5 Å². The van der Waals surface area contributed by atoms with Gasteiger partial charge in [-0.25, -0.2) is 13.1 Å². The van der Waals surface area contributed by atoms with Gasteiger partial charge in [-0.3, -0.25) is 10.1 Å². The van der Waals surface area contributed by atoms with Crippen LogP contribution in [0.2, 0.25) is 0 Å². The average molecular weight is 338 g/mol.